The first-order chi connectivity index (χ1) is 9.09. The van der Waals surface area contributed by atoms with Crippen molar-refractivity contribution in [1.29, 1.82) is 0 Å². The van der Waals surface area contributed by atoms with E-state index >= 15 is 0 Å². The minimum atomic E-state index is -0.352. The van der Waals surface area contributed by atoms with Crippen LogP contribution in [0, 0.1) is 6.92 Å². The Morgan fingerprint density at radius 2 is 1.74 bits per heavy atom. The van der Waals surface area contributed by atoms with Crippen molar-refractivity contribution in [2.75, 3.05) is 4.90 Å². The van der Waals surface area contributed by atoms with Crippen molar-refractivity contribution in [1.82, 2.24) is 0 Å². The Labute approximate surface area is 109 Å². The molecule has 94 valence electrons. The first-order valence-electron chi connectivity index (χ1n) is 5.87. The number of aromatic hydroxyl groups is 1. The number of benzene rings is 2. The molecule has 0 aromatic heterocycles. The van der Waals surface area contributed by atoms with Crippen molar-refractivity contribution >= 4 is 17.5 Å². The van der Waals surface area contributed by atoms with Gasteiger partial charge in [0.2, 0.25) is 0 Å². The van der Waals surface area contributed by atoms with Crippen molar-refractivity contribution in [2.45, 2.75) is 6.92 Å². The fourth-order valence-electron chi connectivity index (χ4n) is 2.32. The zero-order valence-corrected chi connectivity index (χ0v) is 10.3. The molecule has 0 saturated carbocycles. The fraction of sp³-hybridized carbons (Fsp3) is 0.0667. The minimum Gasteiger partial charge on any atom is -0.508 e. The van der Waals surface area contributed by atoms with Gasteiger partial charge >= 0.3 is 0 Å². The second kappa shape index (κ2) is 3.95. The summed E-state index contributed by atoms with van der Waals surface area (Å²) in [5.74, 6) is -0.677. The highest BCUT2D eigenvalue weighted by atomic mass is 16.3. The van der Waals surface area contributed by atoms with Gasteiger partial charge in [-0.05, 0) is 30.7 Å². The summed E-state index contributed by atoms with van der Waals surface area (Å²) in [5.41, 5.74) is 2.01. The molecule has 0 bridgehead atoms. The van der Waals surface area contributed by atoms with Crippen LogP contribution in [0.1, 0.15) is 26.3 Å². The molecule has 4 heteroatoms. The molecular formula is C15H11NO3. The number of phenolic OH excluding ortho intramolecular Hbond substituents is 1. The molecule has 0 aliphatic carbocycles. The maximum absolute atomic E-state index is 12.4. The highest BCUT2D eigenvalue weighted by Crippen LogP contribution is 2.31. The highest BCUT2D eigenvalue weighted by Gasteiger charge is 2.37. The van der Waals surface area contributed by atoms with Crippen molar-refractivity contribution < 1.29 is 14.7 Å². The number of anilines is 1. The van der Waals surface area contributed by atoms with Crippen LogP contribution in [0.15, 0.2) is 42.5 Å². The number of carbonyl (C=O) groups is 2. The second-order valence-electron chi connectivity index (χ2n) is 4.46. The molecule has 0 fully saturated rings. The summed E-state index contributed by atoms with van der Waals surface area (Å²) in [5, 5.41) is 9.47. The second-order valence-corrected chi connectivity index (χ2v) is 4.46. The van der Waals surface area contributed by atoms with Crippen LogP contribution in [-0.4, -0.2) is 16.9 Å². The third-order valence-electron chi connectivity index (χ3n) is 3.21. The van der Waals surface area contributed by atoms with E-state index in [1.165, 1.54) is 12.1 Å². The van der Waals surface area contributed by atoms with E-state index in [-0.39, 0.29) is 17.6 Å². The van der Waals surface area contributed by atoms with Gasteiger partial charge in [0.05, 0.1) is 16.8 Å². The molecule has 1 aliphatic rings. The molecule has 19 heavy (non-hydrogen) atoms. The van der Waals surface area contributed by atoms with Gasteiger partial charge in [0, 0.05) is 6.07 Å². The molecule has 1 N–H and O–H groups in total. The number of hydrogen-bond acceptors (Lipinski definition) is 3. The maximum Gasteiger partial charge on any atom is 0.266 e. The van der Waals surface area contributed by atoms with Crippen molar-refractivity contribution in [3.05, 3.63) is 59.2 Å². The fourth-order valence-corrected chi connectivity index (χ4v) is 2.32. The van der Waals surface area contributed by atoms with Crippen LogP contribution in [0.3, 0.4) is 0 Å². The summed E-state index contributed by atoms with van der Waals surface area (Å²) in [7, 11) is 0. The monoisotopic (exact) mass is 253 g/mol. The molecule has 1 heterocycles. The molecule has 2 aromatic carbocycles. The van der Waals surface area contributed by atoms with E-state index < -0.39 is 0 Å². The summed E-state index contributed by atoms with van der Waals surface area (Å²) in [6.45, 7) is 1.80. The highest BCUT2D eigenvalue weighted by molar-refractivity contribution is 6.34. The maximum atomic E-state index is 12.4. The van der Waals surface area contributed by atoms with Crippen LogP contribution in [0.5, 0.6) is 5.75 Å². The van der Waals surface area contributed by atoms with Gasteiger partial charge in [-0.3, -0.25) is 9.59 Å². The van der Waals surface area contributed by atoms with Crippen LogP contribution in [0.2, 0.25) is 0 Å². The van der Waals surface area contributed by atoms with Gasteiger partial charge in [-0.25, -0.2) is 4.90 Å². The zero-order chi connectivity index (χ0) is 13.6. The lowest BCUT2D eigenvalue weighted by Crippen LogP contribution is -2.29. The molecule has 0 radical (unpaired) electrons. The minimum absolute atomic E-state index is 0.0192. The lowest BCUT2D eigenvalue weighted by molar-refractivity contribution is 0.0926. The van der Waals surface area contributed by atoms with Gasteiger partial charge in [0.15, 0.2) is 0 Å². The molecule has 0 spiro atoms. The quantitative estimate of drug-likeness (QED) is 0.794. The van der Waals surface area contributed by atoms with Crippen LogP contribution in [0.25, 0.3) is 0 Å². The van der Waals surface area contributed by atoms with Crippen molar-refractivity contribution in [3.63, 3.8) is 0 Å². The lowest BCUT2D eigenvalue weighted by Gasteiger charge is -2.13. The Balaban J connectivity index is 2.16. The Hall–Kier alpha value is -2.62. The largest absolute Gasteiger partial charge is 0.508 e. The third kappa shape index (κ3) is 1.61. The molecule has 0 saturated heterocycles. The van der Waals surface area contributed by atoms with Crippen molar-refractivity contribution in [2.24, 2.45) is 0 Å². The number of imide groups is 1. The molecular weight excluding hydrogens is 242 g/mol. The van der Waals surface area contributed by atoms with Gasteiger partial charge in [-0.15, -0.1) is 0 Å². The predicted octanol–water partition coefficient (Wildman–Crippen LogP) is 2.50. The van der Waals surface area contributed by atoms with Gasteiger partial charge < -0.3 is 5.11 Å². The number of fused-ring (bicyclic) bond motifs is 1. The summed E-state index contributed by atoms with van der Waals surface area (Å²) < 4.78 is 0. The van der Waals surface area contributed by atoms with E-state index in [0.717, 1.165) is 10.5 Å². The number of nitrogens with zero attached hydrogens (tertiary/aromatic N) is 1. The van der Waals surface area contributed by atoms with E-state index in [1.807, 2.05) is 0 Å². The normalized spacial score (nSPS) is 13.8. The Bertz CT molecular complexity index is 706. The Morgan fingerprint density at radius 1 is 1.00 bits per heavy atom. The number of amides is 2. The lowest BCUT2D eigenvalue weighted by atomic mass is 10.0. The third-order valence-corrected chi connectivity index (χ3v) is 3.21. The predicted molar refractivity (Wildman–Crippen MR) is 70.4 cm³/mol. The first-order valence-corrected chi connectivity index (χ1v) is 5.87. The number of rotatable bonds is 1. The van der Waals surface area contributed by atoms with Crippen LogP contribution in [0.4, 0.5) is 5.69 Å². The molecule has 4 nitrogen and oxygen atoms in total. The summed E-state index contributed by atoms with van der Waals surface area (Å²) in [6.07, 6.45) is 0. The van der Waals surface area contributed by atoms with Crippen LogP contribution >= 0.6 is 0 Å². The molecule has 2 amide bonds. The number of carbonyl (C=O) groups excluding carboxylic acids is 2. The van der Waals surface area contributed by atoms with Crippen LogP contribution in [-0.2, 0) is 0 Å². The Kier molecular flexibility index (Phi) is 2.38. The number of hydrogen-bond donors (Lipinski definition) is 1. The van der Waals surface area contributed by atoms with Crippen LogP contribution < -0.4 is 4.90 Å². The molecule has 1 aliphatic heterocycles. The summed E-state index contributed by atoms with van der Waals surface area (Å²) in [4.78, 5) is 25.8. The summed E-state index contributed by atoms with van der Waals surface area (Å²) in [6, 6.07) is 11.3. The van der Waals surface area contributed by atoms with Gasteiger partial charge in [0.1, 0.15) is 5.75 Å². The molecule has 0 unspecified atom stereocenters. The smallest absolute Gasteiger partial charge is 0.266 e. The van der Waals surface area contributed by atoms with Gasteiger partial charge in [-0.2, -0.15) is 0 Å². The molecule has 0 atom stereocenters. The standard InChI is InChI=1S/C15H11NO3/c1-9-4-2-7-12-13(9)15(19)16(14(12)18)10-5-3-6-11(17)8-10/h2-8,17H,1H3. The average Bonchev–Trinajstić information content (AvgIpc) is 2.63. The van der Waals surface area contributed by atoms with E-state index in [0.29, 0.717) is 16.8 Å². The van der Waals surface area contributed by atoms with Gasteiger partial charge in [0.25, 0.3) is 11.8 Å². The van der Waals surface area contributed by atoms with Gasteiger partial charge in [-0.1, -0.05) is 18.2 Å². The molecule has 3 rings (SSSR count). The van der Waals surface area contributed by atoms with E-state index in [2.05, 4.69) is 0 Å². The zero-order valence-electron chi connectivity index (χ0n) is 10.3. The van der Waals surface area contributed by atoms with E-state index in [1.54, 1.807) is 37.3 Å². The Morgan fingerprint density at radius 3 is 2.42 bits per heavy atom. The topological polar surface area (TPSA) is 57.6 Å². The number of aryl methyl sites for hydroxylation is 1. The van der Waals surface area contributed by atoms with E-state index in [4.69, 9.17) is 0 Å². The summed E-state index contributed by atoms with van der Waals surface area (Å²) >= 11 is 0. The van der Waals surface area contributed by atoms with Crippen molar-refractivity contribution in [3.8, 4) is 5.75 Å². The van der Waals surface area contributed by atoms with E-state index in [9.17, 15) is 14.7 Å². The SMILES string of the molecule is Cc1cccc2c1C(=O)N(c1cccc(O)c1)C2=O. The first kappa shape index (κ1) is 11.5. The average molecular weight is 253 g/mol. The number of phenols is 1. The molecule has 2 aromatic rings.